The fourth-order valence-electron chi connectivity index (χ4n) is 3.93. The Morgan fingerprint density at radius 3 is 2.50 bits per heavy atom. The lowest BCUT2D eigenvalue weighted by atomic mass is 9.92. The number of carbonyl (C=O) groups is 2. The van der Waals surface area contributed by atoms with E-state index in [4.69, 9.17) is 5.73 Å². The first kappa shape index (κ1) is 22.4. The molecule has 30 heavy (non-hydrogen) atoms. The van der Waals surface area contributed by atoms with E-state index >= 15 is 0 Å². The maximum absolute atomic E-state index is 13.4. The smallest absolute Gasteiger partial charge is 0.323 e. The zero-order chi connectivity index (χ0) is 21.9. The summed E-state index contributed by atoms with van der Waals surface area (Å²) in [5.74, 6) is -1.07. The summed E-state index contributed by atoms with van der Waals surface area (Å²) in [6, 6.07) is 4.68. The maximum atomic E-state index is 13.4. The molecule has 9 nitrogen and oxygen atoms in total. The van der Waals surface area contributed by atoms with Crippen LogP contribution in [0.25, 0.3) is 0 Å². The van der Waals surface area contributed by atoms with E-state index < -0.39 is 33.9 Å². The molecule has 1 atom stereocenters. The third-order valence-electron chi connectivity index (χ3n) is 5.46. The van der Waals surface area contributed by atoms with Gasteiger partial charge in [0.15, 0.2) is 6.17 Å². The number of sulfonamides is 1. The number of amides is 3. The number of hydrogen-bond donors (Lipinski definition) is 3. The van der Waals surface area contributed by atoms with Crippen LogP contribution in [-0.2, 0) is 14.8 Å². The summed E-state index contributed by atoms with van der Waals surface area (Å²) < 4.78 is 39.1. The molecule has 1 saturated carbocycles. The highest BCUT2D eigenvalue weighted by atomic mass is 32.2. The summed E-state index contributed by atoms with van der Waals surface area (Å²) in [5.41, 5.74) is 6.13. The van der Waals surface area contributed by atoms with Crippen molar-refractivity contribution >= 4 is 27.6 Å². The van der Waals surface area contributed by atoms with E-state index in [1.165, 1.54) is 23.1 Å². The molecule has 11 heteroatoms. The first-order chi connectivity index (χ1) is 14.1. The summed E-state index contributed by atoms with van der Waals surface area (Å²) >= 11 is 0. The molecular formula is C19H28FN5O4S. The van der Waals surface area contributed by atoms with Crippen LogP contribution >= 0.6 is 0 Å². The largest absolute Gasteiger partial charge is 0.350 e. The normalized spacial score (nSPS) is 25.6. The molecule has 2 aliphatic rings. The van der Waals surface area contributed by atoms with Gasteiger partial charge in [-0.15, -0.1) is 0 Å². The van der Waals surface area contributed by atoms with Gasteiger partial charge < -0.3 is 16.4 Å². The zero-order valence-electron chi connectivity index (χ0n) is 16.9. The fourth-order valence-corrected chi connectivity index (χ4v) is 4.96. The van der Waals surface area contributed by atoms with E-state index in [-0.39, 0.29) is 30.9 Å². The van der Waals surface area contributed by atoms with Crippen molar-refractivity contribution in [3.63, 3.8) is 0 Å². The van der Waals surface area contributed by atoms with E-state index in [1.54, 1.807) is 0 Å². The Morgan fingerprint density at radius 2 is 1.87 bits per heavy atom. The van der Waals surface area contributed by atoms with E-state index in [1.807, 2.05) is 0 Å². The van der Waals surface area contributed by atoms with Crippen molar-refractivity contribution in [2.45, 2.75) is 50.4 Å². The van der Waals surface area contributed by atoms with Gasteiger partial charge >= 0.3 is 6.03 Å². The molecule has 2 fully saturated rings. The Labute approximate surface area is 175 Å². The van der Waals surface area contributed by atoms with Gasteiger partial charge in [-0.2, -0.15) is 4.31 Å². The van der Waals surface area contributed by atoms with Crippen molar-refractivity contribution in [2.75, 3.05) is 24.7 Å². The average Bonchev–Trinajstić information content (AvgIpc) is 2.68. The molecule has 0 bridgehead atoms. The molecule has 1 unspecified atom stereocenters. The lowest BCUT2D eigenvalue weighted by molar-refractivity contribution is -0.131. The summed E-state index contributed by atoms with van der Waals surface area (Å²) in [7, 11) is -3.74. The predicted molar refractivity (Wildman–Crippen MR) is 110 cm³/mol. The number of anilines is 1. The first-order valence-electron chi connectivity index (χ1n) is 10.0. The number of nitrogens with two attached hydrogens (primary N) is 1. The molecule has 1 heterocycles. The monoisotopic (exact) mass is 441 g/mol. The van der Waals surface area contributed by atoms with Gasteiger partial charge in [-0.1, -0.05) is 6.07 Å². The highest BCUT2D eigenvalue weighted by Crippen LogP contribution is 2.22. The van der Waals surface area contributed by atoms with Crippen LogP contribution in [0.3, 0.4) is 0 Å². The van der Waals surface area contributed by atoms with Crippen LogP contribution < -0.4 is 16.4 Å². The molecule has 3 amide bonds. The van der Waals surface area contributed by atoms with Gasteiger partial charge in [0, 0.05) is 30.9 Å². The number of halogens is 1. The van der Waals surface area contributed by atoms with Crippen LogP contribution in [0.4, 0.5) is 14.9 Å². The number of hydrogen-bond acceptors (Lipinski definition) is 5. The molecular weight excluding hydrogens is 413 g/mol. The number of nitrogens with zero attached hydrogens (tertiary/aromatic N) is 2. The summed E-state index contributed by atoms with van der Waals surface area (Å²) in [5, 5.41) is 5.43. The molecule has 1 saturated heterocycles. The minimum Gasteiger partial charge on any atom is -0.350 e. The van der Waals surface area contributed by atoms with E-state index in [0.29, 0.717) is 19.3 Å². The van der Waals surface area contributed by atoms with Crippen LogP contribution in [-0.4, -0.2) is 67.2 Å². The summed E-state index contributed by atoms with van der Waals surface area (Å²) in [4.78, 5) is 27.2. The molecule has 0 spiro atoms. The zero-order valence-corrected chi connectivity index (χ0v) is 17.7. The first-order valence-corrected chi connectivity index (χ1v) is 11.9. The number of nitrogens with one attached hydrogen (secondary N) is 2. The van der Waals surface area contributed by atoms with E-state index in [2.05, 4.69) is 10.6 Å². The molecule has 1 aliphatic carbocycles. The number of carbonyl (C=O) groups excluding carboxylic acids is 2. The Balaban J connectivity index is 1.80. The highest BCUT2D eigenvalue weighted by molar-refractivity contribution is 7.88. The standard InChI is InChI=1S/C19H28FN5O4S/c1-30(28,29)25-11-3-10-24(19(27)23-16-5-2-4-13(20)12-16)18(25)17(26)22-15-8-6-14(21)7-9-15/h2,4-5,12,14-15,18H,3,6-11,21H2,1H3,(H,22,26)(H,23,27). The van der Waals surface area contributed by atoms with E-state index in [0.717, 1.165) is 29.5 Å². The second-order valence-electron chi connectivity index (χ2n) is 7.86. The van der Waals surface area contributed by atoms with Gasteiger partial charge in [-0.25, -0.2) is 17.6 Å². The highest BCUT2D eigenvalue weighted by Gasteiger charge is 2.42. The predicted octanol–water partition coefficient (Wildman–Crippen LogP) is 1.04. The SMILES string of the molecule is CS(=O)(=O)N1CCCN(C(=O)Nc2cccc(F)c2)C1C(=O)NC1CCC(N)CC1. The molecule has 0 aromatic heterocycles. The van der Waals surface area contributed by atoms with Crippen molar-refractivity contribution in [2.24, 2.45) is 5.73 Å². The third-order valence-corrected chi connectivity index (χ3v) is 6.70. The number of urea groups is 1. The Morgan fingerprint density at radius 1 is 1.17 bits per heavy atom. The van der Waals surface area contributed by atoms with Crippen LogP contribution in [0.1, 0.15) is 32.1 Å². The second-order valence-corrected chi connectivity index (χ2v) is 9.79. The number of rotatable bonds is 4. The quantitative estimate of drug-likeness (QED) is 0.644. The van der Waals surface area contributed by atoms with Gasteiger partial charge in [0.2, 0.25) is 10.0 Å². The second kappa shape index (κ2) is 9.27. The minimum absolute atomic E-state index is 0.105. The van der Waals surface area contributed by atoms with Crippen LogP contribution in [0.5, 0.6) is 0 Å². The molecule has 1 aromatic rings. The third kappa shape index (κ3) is 5.46. The Bertz CT molecular complexity index is 889. The minimum atomic E-state index is -3.74. The van der Waals surface area contributed by atoms with Gasteiger partial charge in [0.1, 0.15) is 5.82 Å². The van der Waals surface area contributed by atoms with Gasteiger partial charge in [0.25, 0.3) is 5.91 Å². The van der Waals surface area contributed by atoms with Crippen LogP contribution in [0.2, 0.25) is 0 Å². The van der Waals surface area contributed by atoms with Crippen molar-refractivity contribution in [1.29, 1.82) is 0 Å². The summed E-state index contributed by atoms with van der Waals surface area (Å²) in [6.07, 6.45) is 3.04. The van der Waals surface area contributed by atoms with Crippen LogP contribution in [0, 0.1) is 5.82 Å². The molecule has 1 aliphatic heterocycles. The summed E-state index contributed by atoms with van der Waals surface area (Å²) in [6.45, 7) is 0.330. The molecule has 166 valence electrons. The molecule has 1 aromatic carbocycles. The lowest BCUT2D eigenvalue weighted by Crippen LogP contribution is -2.64. The van der Waals surface area contributed by atoms with Crippen molar-refractivity contribution in [3.8, 4) is 0 Å². The van der Waals surface area contributed by atoms with Crippen molar-refractivity contribution < 1.29 is 22.4 Å². The Hall–Kier alpha value is -2.24. The number of benzene rings is 1. The Kier molecular flexibility index (Phi) is 6.94. The van der Waals surface area contributed by atoms with E-state index in [9.17, 15) is 22.4 Å². The molecule has 0 radical (unpaired) electrons. The molecule has 3 rings (SSSR count). The van der Waals surface area contributed by atoms with Crippen molar-refractivity contribution in [3.05, 3.63) is 30.1 Å². The maximum Gasteiger partial charge on any atom is 0.323 e. The topological polar surface area (TPSA) is 125 Å². The van der Waals surface area contributed by atoms with Gasteiger partial charge in [0.05, 0.1) is 6.26 Å². The van der Waals surface area contributed by atoms with Gasteiger partial charge in [-0.05, 0) is 50.3 Å². The average molecular weight is 442 g/mol. The van der Waals surface area contributed by atoms with Crippen LogP contribution in [0.15, 0.2) is 24.3 Å². The fraction of sp³-hybridized carbons (Fsp3) is 0.579. The molecule has 4 N–H and O–H groups in total. The van der Waals surface area contributed by atoms with Crippen molar-refractivity contribution in [1.82, 2.24) is 14.5 Å². The van der Waals surface area contributed by atoms with Gasteiger partial charge in [-0.3, -0.25) is 9.69 Å². The lowest BCUT2D eigenvalue weighted by Gasteiger charge is -2.42.